The van der Waals surface area contributed by atoms with Gasteiger partial charge < -0.3 is 4.42 Å². The molecule has 0 N–H and O–H groups in total. The predicted molar refractivity (Wildman–Crippen MR) is 65.3 cm³/mol. The van der Waals surface area contributed by atoms with Crippen LogP contribution in [0.25, 0.3) is 21.9 Å². The van der Waals surface area contributed by atoms with E-state index >= 15 is 0 Å². The largest absolute Gasteiger partial charge is 0.463 e. The Labute approximate surface area is 97.2 Å². The van der Waals surface area contributed by atoms with E-state index in [1.807, 2.05) is 30.3 Å². The Morgan fingerprint density at radius 1 is 1.06 bits per heavy atom. The molecule has 0 saturated carbocycles. The summed E-state index contributed by atoms with van der Waals surface area (Å²) in [7, 11) is 0. The molecule has 0 aliphatic rings. The van der Waals surface area contributed by atoms with Crippen molar-refractivity contribution in [1.82, 2.24) is 4.98 Å². The molecule has 16 heavy (non-hydrogen) atoms. The monoisotopic (exact) mass is 227 g/mol. The Bertz CT molecular complexity index is 569. The predicted octanol–water partition coefficient (Wildman–Crippen LogP) is 4.07. The minimum absolute atomic E-state index is 0.899. The Kier molecular flexibility index (Phi) is 2.31. The van der Waals surface area contributed by atoms with Crippen LogP contribution in [0.2, 0.25) is 0 Å². The smallest absolute Gasteiger partial charge is 0.144 e. The highest BCUT2D eigenvalue weighted by molar-refractivity contribution is 7.14. The van der Waals surface area contributed by atoms with Gasteiger partial charge in [-0.25, -0.2) is 0 Å². The molecule has 0 aliphatic carbocycles. The van der Waals surface area contributed by atoms with Gasteiger partial charge in [-0.3, -0.25) is 4.98 Å². The summed E-state index contributed by atoms with van der Waals surface area (Å²) in [6.45, 7) is 0. The van der Waals surface area contributed by atoms with Crippen LogP contribution in [0, 0.1) is 0 Å². The van der Waals surface area contributed by atoms with E-state index in [1.165, 1.54) is 0 Å². The molecule has 3 aromatic heterocycles. The maximum Gasteiger partial charge on any atom is 0.144 e. The molecule has 3 heterocycles. The first-order chi connectivity index (χ1) is 7.95. The van der Waals surface area contributed by atoms with Crippen LogP contribution in [0.4, 0.5) is 0 Å². The second kappa shape index (κ2) is 3.94. The fourth-order valence-electron chi connectivity index (χ4n) is 1.63. The third kappa shape index (κ3) is 1.55. The summed E-state index contributed by atoms with van der Waals surface area (Å²) in [4.78, 5) is 5.49. The maximum absolute atomic E-state index is 5.42. The molecule has 78 valence electrons. The molecular weight excluding hydrogens is 218 g/mol. The van der Waals surface area contributed by atoms with Gasteiger partial charge in [0.05, 0.1) is 16.8 Å². The van der Waals surface area contributed by atoms with Gasteiger partial charge in [0.15, 0.2) is 0 Å². The average molecular weight is 227 g/mol. The number of thiophene rings is 1. The van der Waals surface area contributed by atoms with Gasteiger partial charge in [-0.1, -0.05) is 6.07 Å². The minimum atomic E-state index is 0.899. The van der Waals surface area contributed by atoms with E-state index in [4.69, 9.17) is 4.42 Å². The summed E-state index contributed by atoms with van der Waals surface area (Å²) in [5.74, 6) is 0.899. The highest BCUT2D eigenvalue weighted by Gasteiger charge is 2.11. The lowest BCUT2D eigenvalue weighted by Crippen LogP contribution is -1.80. The first-order valence-electron chi connectivity index (χ1n) is 4.98. The highest BCUT2D eigenvalue weighted by Crippen LogP contribution is 2.35. The quantitative estimate of drug-likeness (QED) is 0.659. The van der Waals surface area contributed by atoms with E-state index in [0.29, 0.717) is 0 Å². The third-order valence-corrected chi connectivity index (χ3v) is 3.28. The van der Waals surface area contributed by atoms with Gasteiger partial charge >= 0.3 is 0 Å². The van der Waals surface area contributed by atoms with Crippen LogP contribution < -0.4 is 0 Å². The van der Waals surface area contributed by atoms with E-state index in [1.54, 1.807) is 23.8 Å². The van der Waals surface area contributed by atoms with Crippen LogP contribution in [0.1, 0.15) is 0 Å². The molecule has 0 aliphatic heterocycles. The van der Waals surface area contributed by atoms with Gasteiger partial charge in [-0.05, 0) is 35.7 Å². The molecule has 0 spiro atoms. The van der Waals surface area contributed by atoms with Crippen LogP contribution in [-0.4, -0.2) is 4.98 Å². The van der Waals surface area contributed by atoms with Crippen molar-refractivity contribution in [1.29, 1.82) is 0 Å². The van der Waals surface area contributed by atoms with E-state index in [0.717, 1.165) is 21.9 Å². The van der Waals surface area contributed by atoms with Crippen LogP contribution in [0.3, 0.4) is 0 Å². The van der Waals surface area contributed by atoms with Crippen molar-refractivity contribution in [2.45, 2.75) is 0 Å². The van der Waals surface area contributed by atoms with Gasteiger partial charge in [0.25, 0.3) is 0 Å². The van der Waals surface area contributed by atoms with Crippen molar-refractivity contribution in [2.24, 2.45) is 0 Å². The summed E-state index contributed by atoms with van der Waals surface area (Å²) in [5, 5.41) is 2.06. The Balaban J connectivity index is 2.14. The molecular formula is C13H9NOS. The second-order valence-electron chi connectivity index (χ2n) is 3.36. The second-order valence-corrected chi connectivity index (χ2v) is 4.27. The Morgan fingerprint density at radius 2 is 2.06 bits per heavy atom. The van der Waals surface area contributed by atoms with E-state index in [-0.39, 0.29) is 0 Å². The maximum atomic E-state index is 5.42. The third-order valence-electron chi connectivity index (χ3n) is 2.35. The summed E-state index contributed by atoms with van der Waals surface area (Å²) < 4.78 is 5.42. The zero-order chi connectivity index (χ0) is 10.8. The van der Waals surface area contributed by atoms with Gasteiger partial charge in [-0.2, -0.15) is 0 Å². The number of rotatable bonds is 2. The highest BCUT2D eigenvalue weighted by atomic mass is 32.1. The van der Waals surface area contributed by atoms with Crippen molar-refractivity contribution in [3.63, 3.8) is 0 Å². The van der Waals surface area contributed by atoms with Crippen LogP contribution >= 0.6 is 11.3 Å². The van der Waals surface area contributed by atoms with Crippen molar-refractivity contribution in [3.05, 3.63) is 54.2 Å². The average Bonchev–Trinajstić information content (AvgIpc) is 3.01. The number of furan rings is 1. The molecule has 0 unspecified atom stereocenters. The standard InChI is InChI=1S/C13H9NOS/c1-2-7-14-11(4-1)10-6-9-16-13(10)12-5-3-8-15-12/h1-9H. The van der Waals surface area contributed by atoms with Gasteiger partial charge in [0.2, 0.25) is 0 Å². The zero-order valence-corrected chi connectivity index (χ0v) is 9.28. The first kappa shape index (κ1) is 9.36. The molecule has 3 rings (SSSR count). The van der Waals surface area contributed by atoms with Crippen LogP contribution in [0.5, 0.6) is 0 Å². The zero-order valence-electron chi connectivity index (χ0n) is 8.46. The number of hydrogen-bond acceptors (Lipinski definition) is 3. The Morgan fingerprint density at radius 3 is 2.81 bits per heavy atom. The molecule has 2 nitrogen and oxygen atoms in total. The molecule has 3 aromatic rings. The fourth-order valence-corrected chi connectivity index (χ4v) is 2.50. The van der Waals surface area contributed by atoms with Crippen molar-refractivity contribution in [3.8, 4) is 21.9 Å². The molecule has 0 bridgehead atoms. The summed E-state index contributed by atoms with van der Waals surface area (Å²) in [6.07, 6.45) is 3.50. The first-order valence-corrected chi connectivity index (χ1v) is 5.86. The van der Waals surface area contributed by atoms with E-state index in [9.17, 15) is 0 Å². The molecule has 0 fully saturated rings. The number of hydrogen-bond donors (Lipinski definition) is 0. The van der Waals surface area contributed by atoms with E-state index < -0.39 is 0 Å². The van der Waals surface area contributed by atoms with Gasteiger partial charge in [-0.15, -0.1) is 11.3 Å². The Hall–Kier alpha value is -1.87. The molecule has 3 heteroatoms. The van der Waals surface area contributed by atoms with Crippen LogP contribution in [-0.2, 0) is 0 Å². The molecule has 0 saturated heterocycles. The van der Waals surface area contributed by atoms with Crippen molar-refractivity contribution < 1.29 is 4.42 Å². The van der Waals surface area contributed by atoms with Gasteiger partial charge in [0.1, 0.15) is 5.76 Å². The molecule has 0 amide bonds. The number of pyridine rings is 1. The lowest BCUT2D eigenvalue weighted by atomic mass is 10.1. The molecule has 0 aromatic carbocycles. The van der Waals surface area contributed by atoms with Crippen molar-refractivity contribution in [2.75, 3.05) is 0 Å². The summed E-state index contributed by atoms with van der Waals surface area (Å²) >= 11 is 1.67. The summed E-state index contributed by atoms with van der Waals surface area (Å²) in [6, 6.07) is 11.9. The normalized spacial score (nSPS) is 10.5. The van der Waals surface area contributed by atoms with Crippen LogP contribution in [0.15, 0.2) is 58.7 Å². The van der Waals surface area contributed by atoms with Gasteiger partial charge in [0, 0.05) is 11.8 Å². The fraction of sp³-hybridized carbons (Fsp3) is 0. The SMILES string of the molecule is c1ccc(-c2ccsc2-c2ccco2)nc1. The molecule has 0 atom stereocenters. The lowest BCUT2D eigenvalue weighted by molar-refractivity contribution is 0.584. The lowest BCUT2D eigenvalue weighted by Gasteiger charge is -1.99. The summed E-state index contributed by atoms with van der Waals surface area (Å²) in [5.41, 5.74) is 2.11. The topological polar surface area (TPSA) is 26.0 Å². The number of aromatic nitrogens is 1. The van der Waals surface area contributed by atoms with E-state index in [2.05, 4.69) is 16.4 Å². The van der Waals surface area contributed by atoms with Crippen molar-refractivity contribution >= 4 is 11.3 Å². The molecule has 0 radical (unpaired) electrons. The minimum Gasteiger partial charge on any atom is -0.463 e. The number of nitrogens with zero attached hydrogens (tertiary/aromatic N) is 1.